The van der Waals surface area contributed by atoms with Crippen molar-refractivity contribution in [3.8, 4) is 0 Å². The monoisotopic (exact) mass is 1090 g/mol. The van der Waals surface area contributed by atoms with Crippen molar-refractivity contribution < 1.29 is 105 Å². The summed E-state index contributed by atoms with van der Waals surface area (Å²) in [4.78, 5) is 0. The zero-order valence-electron chi connectivity index (χ0n) is 11.7. The van der Waals surface area contributed by atoms with Crippen LogP contribution in [0.1, 0.15) is 54.4 Å². The van der Waals surface area contributed by atoms with Crippen LogP contribution in [-0.4, -0.2) is 0 Å². The van der Waals surface area contributed by atoms with Crippen molar-refractivity contribution in [1.29, 1.82) is 0 Å². The van der Waals surface area contributed by atoms with Crippen LogP contribution in [0.2, 0.25) is 0 Å². The molecule has 0 spiro atoms. The van der Waals surface area contributed by atoms with Crippen molar-refractivity contribution >= 4 is 0 Å². The van der Waals surface area contributed by atoms with E-state index in [9.17, 15) is 0 Å². The van der Waals surface area contributed by atoms with Crippen LogP contribution in [0.4, 0.5) is 0 Å². The third kappa shape index (κ3) is 17.4. The molecule has 0 fully saturated rings. The molecule has 0 atom stereocenters. The van der Waals surface area contributed by atoms with Gasteiger partial charge in [0.25, 0.3) is 0 Å². The van der Waals surface area contributed by atoms with Gasteiger partial charge in [0.2, 0.25) is 0 Å². The summed E-state index contributed by atoms with van der Waals surface area (Å²) in [5.74, 6) is 1.63. The molecule has 0 saturated heterocycles. The quantitative estimate of drug-likeness (QED) is 0.364. The Morgan fingerprint density at radius 1 is 0.765 bits per heavy atom. The average Bonchev–Trinajstić information content (AvgIpc) is 1.77. The number of hydrogen-bond donors (Lipinski definition) is 0. The standard InChI is InChI=1S/C12H24.5W/c1-8-9-10(11(2,3)4)12(5,6)7;;;;;/h1,8-9H2,2-7H3;;;;;/q-2;;;;;+2. The van der Waals surface area contributed by atoms with E-state index in [1.165, 1.54) is 0 Å². The molecule has 17 heavy (non-hydrogen) atoms. The number of hydrogen-bond acceptors (Lipinski definition) is 0. The van der Waals surface area contributed by atoms with E-state index in [0.29, 0.717) is 10.8 Å². The van der Waals surface area contributed by atoms with Crippen LogP contribution in [0, 0.1) is 23.7 Å². The van der Waals surface area contributed by atoms with Crippen LogP contribution >= 0.6 is 0 Å². The fourth-order valence-corrected chi connectivity index (χ4v) is 2.05. The van der Waals surface area contributed by atoms with Gasteiger partial charge in [0.15, 0.2) is 0 Å². The van der Waals surface area contributed by atoms with Crippen molar-refractivity contribution in [3.05, 3.63) is 12.8 Å². The topological polar surface area (TPSA) is 0 Å². The molecule has 0 N–H and O–H groups in total. The molecule has 0 aliphatic carbocycles. The molecular weight excluding hydrogens is 1060 g/mol. The predicted octanol–water partition coefficient (Wildman–Crippen LogP) is 4.25. The molecule has 0 aliphatic heterocycles. The smallest absolute Gasteiger partial charge is 0.346 e. The largest absolute Gasteiger partial charge is 2.00 e. The summed E-state index contributed by atoms with van der Waals surface area (Å²) in [6.07, 6.45) is 2.18. The molecule has 5 heteroatoms. The van der Waals surface area contributed by atoms with Crippen molar-refractivity contribution in [2.24, 2.45) is 10.8 Å². The zero-order valence-corrected chi connectivity index (χ0v) is 26.3. The van der Waals surface area contributed by atoms with Gasteiger partial charge in [-0.25, -0.2) is 12.8 Å². The van der Waals surface area contributed by atoms with Gasteiger partial charge in [-0.1, -0.05) is 41.5 Å². The fraction of sp³-hybridized carbons (Fsp3) is 0.833. The minimum absolute atomic E-state index is 0. The summed E-state index contributed by atoms with van der Waals surface area (Å²) in [5, 5.41) is 0. The van der Waals surface area contributed by atoms with E-state index in [1.807, 2.05) is 0 Å². The van der Waals surface area contributed by atoms with Gasteiger partial charge in [-0.2, -0.15) is 10.8 Å². The Hall–Kier alpha value is 3.44. The Kier molecular flexibility index (Phi) is 34.5. The molecule has 0 aliphatic rings. The van der Waals surface area contributed by atoms with E-state index >= 15 is 0 Å². The Labute approximate surface area is 181 Å². The maximum atomic E-state index is 3.93. The van der Waals surface area contributed by atoms with Gasteiger partial charge in [0.05, 0.1) is 0 Å². The van der Waals surface area contributed by atoms with E-state index in [4.69, 9.17) is 0 Å². The van der Waals surface area contributed by atoms with Gasteiger partial charge in [0.1, 0.15) is 0 Å². The van der Waals surface area contributed by atoms with Crippen molar-refractivity contribution in [2.45, 2.75) is 54.4 Å². The van der Waals surface area contributed by atoms with Gasteiger partial charge in [0, 0.05) is 84.3 Å². The Morgan fingerprint density at radius 2 is 1.00 bits per heavy atom. The summed E-state index contributed by atoms with van der Waals surface area (Å²) in [7, 11) is 0. The van der Waals surface area contributed by atoms with Gasteiger partial charge in [-0.05, 0) is 0 Å². The van der Waals surface area contributed by atoms with Crippen LogP contribution in [0.5, 0.6) is 0 Å². The zero-order chi connectivity index (χ0) is 9.99. The van der Waals surface area contributed by atoms with Crippen LogP contribution in [0.25, 0.3) is 0 Å². The molecule has 0 radical (unpaired) electrons. The molecule has 0 amide bonds. The summed E-state index contributed by atoms with van der Waals surface area (Å²) < 4.78 is 0. The average molecular weight is 1090 g/mol. The molecule has 0 aromatic heterocycles. The number of rotatable bonds is 2. The minimum atomic E-state index is 0. The first kappa shape index (κ1) is 37.0. The van der Waals surface area contributed by atoms with Gasteiger partial charge >= 0.3 is 21.1 Å². The molecule has 0 bridgehead atoms. The summed E-state index contributed by atoms with van der Waals surface area (Å²) in [5.41, 5.74) is 0.659. The Morgan fingerprint density at radius 3 is 1.06 bits per heavy atom. The molecule has 0 saturated carbocycles. The third-order valence-corrected chi connectivity index (χ3v) is 2.24. The van der Waals surface area contributed by atoms with Gasteiger partial charge in [-0.3, -0.25) is 0 Å². The second kappa shape index (κ2) is 15.8. The van der Waals surface area contributed by atoms with Crippen LogP contribution in [0.15, 0.2) is 0 Å². The Balaban J connectivity index is -0.0000000605. The Bertz CT molecular complexity index is 121. The minimum Gasteiger partial charge on any atom is -0.346 e. The van der Waals surface area contributed by atoms with E-state index in [1.54, 1.807) is 5.92 Å². The second-order valence-corrected chi connectivity index (χ2v) is 5.58. The molecular formula is C12H24W5. The summed E-state index contributed by atoms with van der Waals surface area (Å²) in [6.45, 7) is 17.7. The summed E-state index contributed by atoms with van der Waals surface area (Å²) >= 11 is 0. The SMILES string of the molecule is [CH2-]CC[C-](C(C)(C)C)C(C)(C)C.[W+2].[W].[W].[W].[W]. The normalized spacial score (nSPS) is 9.88. The van der Waals surface area contributed by atoms with E-state index in [-0.39, 0.29) is 105 Å². The van der Waals surface area contributed by atoms with Gasteiger partial charge < -0.3 is 12.8 Å². The maximum Gasteiger partial charge on any atom is 2.00 e. The fourth-order valence-electron chi connectivity index (χ4n) is 2.05. The second-order valence-electron chi connectivity index (χ2n) is 5.58. The van der Waals surface area contributed by atoms with E-state index < -0.39 is 0 Å². The van der Waals surface area contributed by atoms with Gasteiger partial charge in [-0.15, -0.1) is 0 Å². The first-order valence-electron chi connectivity index (χ1n) is 4.85. The predicted molar refractivity (Wildman–Crippen MR) is 56.7 cm³/mol. The van der Waals surface area contributed by atoms with Crippen LogP contribution in [0.3, 0.4) is 0 Å². The first-order chi connectivity index (χ1) is 5.19. The molecule has 0 heterocycles. The first-order valence-corrected chi connectivity index (χ1v) is 4.85. The van der Waals surface area contributed by atoms with E-state index in [0.717, 1.165) is 12.8 Å². The van der Waals surface area contributed by atoms with Crippen molar-refractivity contribution in [1.82, 2.24) is 0 Å². The van der Waals surface area contributed by atoms with Crippen LogP contribution in [-0.2, 0) is 105 Å². The molecule has 0 nitrogen and oxygen atoms in total. The van der Waals surface area contributed by atoms with Crippen LogP contribution < -0.4 is 0 Å². The van der Waals surface area contributed by atoms with E-state index in [2.05, 4.69) is 48.5 Å². The molecule has 0 rings (SSSR count). The molecule has 0 unspecified atom stereocenters. The molecule has 102 valence electrons. The van der Waals surface area contributed by atoms with Crippen molar-refractivity contribution in [2.75, 3.05) is 0 Å². The van der Waals surface area contributed by atoms with Crippen molar-refractivity contribution in [3.63, 3.8) is 0 Å². The third-order valence-electron chi connectivity index (χ3n) is 2.24. The molecule has 0 aromatic carbocycles. The molecule has 0 aromatic rings. The summed E-state index contributed by atoms with van der Waals surface area (Å²) in [6, 6.07) is 0. The maximum absolute atomic E-state index is 3.93.